The average molecular weight is 223 g/mol. The molecule has 1 unspecified atom stereocenters. The van der Waals surface area contributed by atoms with Crippen molar-refractivity contribution in [1.29, 1.82) is 0 Å². The molecule has 0 spiro atoms. The number of halogens is 2. The zero-order valence-electron chi connectivity index (χ0n) is 7.77. The number of rotatable bonds is 0. The first kappa shape index (κ1) is 10.7. The Kier molecular flexibility index (Phi) is 2.78. The second-order valence-electron chi connectivity index (χ2n) is 3.89. The molecule has 1 aliphatic heterocycles. The van der Waals surface area contributed by atoms with Crippen LogP contribution in [0.3, 0.4) is 0 Å². The number of carbonyl (C=O) groups excluding carboxylic acids is 1. The van der Waals surface area contributed by atoms with Gasteiger partial charge in [0.15, 0.2) is 5.38 Å². The molecular weight excluding hydrogens is 211 g/mol. The van der Waals surface area contributed by atoms with E-state index in [1.165, 1.54) is 0 Å². The number of hydrazine groups is 1. The van der Waals surface area contributed by atoms with Gasteiger partial charge >= 0.3 is 0 Å². The number of carbonyl (C=O) groups is 1. The number of nitrogens with one attached hydrogen (secondary N) is 1. The fraction of sp³-hybridized carbons (Fsp3) is 0.625. The summed E-state index contributed by atoms with van der Waals surface area (Å²) in [6.45, 7) is 5.88. The average Bonchev–Trinajstić information content (AvgIpc) is 1.97. The highest BCUT2D eigenvalue weighted by atomic mass is 35.5. The molecule has 1 atom stereocenters. The van der Waals surface area contributed by atoms with E-state index in [0.29, 0.717) is 5.03 Å². The molecule has 0 saturated heterocycles. The lowest BCUT2D eigenvalue weighted by atomic mass is 10.1. The molecule has 74 valence electrons. The van der Waals surface area contributed by atoms with E-state index in [1.807, 2.05) is 20.8 Å². The molecule has 0 saturated carbocycles. The molecule has 0 radical (unpaired) electrons. The van der Waals surface area contributed by atoms with Crippen molar-refractivity contribution in [2.75, 3.05) is 0 Å². The van der Waals surface area contributed by atoms with Crippen LogP contribution >= 0.6 is 23.2 Å². The van der Waals surface area contributed by atoms with Crippen LogP contribution in [0.5, 0.6) is 0 Å². The van der Waals surface area contributed by atoms with Gasteiger partial charge in [0.2, 0.25) is 0 Å². The predicted octanol–water partition coefficient (Wildman–Crippen LogP) is 1.82. The van der Waals surface area contributed by atoms with Gasteiger partial charge in [-0.05, 0) is 20.8 Å². The van der Waals surface area contributed by atoms with Gasteiger partial charge in [-0.25, -0.2) is 0 Å². The topological polar surface area (TPSA) is 32.3 Å². The van der Waals surface area contributed by atoms with Crippen molar-refractivity contribution < 1.29 is 4.79 Å². The highest BCUT2D eigenvalue weighted by Gasteiger charge is 2.30. The van der Waals surface area contributed by atoms with Gasteiger partial charge in [-0.3, -0.25) is 15.2 Å². The van der Waals surface area contributed by atoms with E-state index in [-0.39, 0.29) is 11.4 Å². The molecule has 0 aliphatic carbocycles. The lowest BCUT2D eigenvalue weighted by Crippen LogP contribution is -2.54. The van der Waals surface area contributed by atoms with Gasteiger partial charge in [-0.15, -0.1) is 11.6 Å². The van der Waals surface area contributed by atoms with Gasteiger partial charge in [-0.2, -0.15) is 0 Å². The molecule has 0 aromatic heterocycles. The summed E-state index contributed by atoms with van der Waals surface area (Å²) >= 11 is 11.5. The van der Waals surface area contributed by atoms with E-state index in [9.17, 15) is 4.79 Å². The van der Waals surface area contributed by atoms with Crippen LogP contribution in [-0.4, -0.2) is 21.8 Å². The SMILES string of the molecule is CC(C)(C)N1C=C(Cl)C(Cl)C(=O)N1. The molecule has 13 heavy (non-hydrogen) atoms. The maximum Gasteiger partial charge on any atom is 0.262 e. The minimum atomic E-state index is -0.764. The lowest BCUT2D eigenvalue weighted by molar-refractivity contribution is -0.126. The Hall–Kier alpha value is -0.410. The second-order valence-corrected chi connectivity index (χ2v) is 4.77. The Balaban J connectivity index is 2.90. The van der Waals surface area contributed by atoms with Gasteiger partial charge in [0.1, 0.15) is 0 Å². The first-order valence-electron chi connectivity index (χ1n) is 3.93. The zero-order valence-corrected chi connectivity index (χ0v) is 9.28. The zero-order chi connectivity index (χ0) is 10.2. The first-order chi connectivity index (χ1) is 5.82. The van der Waals surface area contributed by atoms with E-state index in [0.717, 1.165) is 0 Å². The number of hydrogen-bond acceptors (Lipinski definition) is 2. The highest BCUT2D eigenvalue weighted by molar-refractivity contribution is 6.43. The maximum absolute atomic E-state index is 11.3. The molecule has 1 rings (SSSR count). The fourth-order valence-corrected chi connectivity index (χ4v) is 1.18. The third-order valence-corrected chi connectivity index (χ3v) is 2.54. The van der Waals surface area contributed by atoms with Crippen molar-refractivity contribution in [3.8, 4) is 0 Å². The van der Waals surface area contributed by atoms with Crippen molar-refractivity contribution in [2.24, 2.45) is 0 Å². The molecule has 0 aromatic carbocycles. The normalized spacial score (nSPS) is 24.1. The van der Waals surface area contributed by atoms with Crippen LogP contribution in [0.4, 0.5) is 0 Å². The Bertz CT molecular complexity index is 257. The Labute approximate surface area is 87.6 Å². The first-order valence-corrected chi connectivity index (χ1v) is 4.75. The van der Waals surface area contributed by atoms with Crippen molar-refractivity contribution in [1.82, 2.24) is 10.4 Å². The molecule has 1 amide bonds. The third kappa shape index (κ3) is 2.29. The summed E-state index contributed by atoms with van der Waals surface area (Å²) in [7, 11) is 0. The van der Waals surface area contributed by atoms with Gasteiger partial charge in [0.25, 0.3) is 5.91 Å². The van der Waals surface area contributed by atoms with Crippen LogP contribution in [0.2, 0.25) is 0 Å². The number of nitrogens with zero attached hydrogens (tertiary/aromatic N) is 1. The highest BCUT2D eigenvalue weighted by Crippen LogP contribution is 2.23. The quantitative estimate of drug-likeness (QED) is 0.635. The monoisotopic (exact) mass is 222 g/mol. The number of hydrogen-bond donors (Lipinski definition) is 1. The molecular formula is C8H12Cl2N2O. The van der Waals surface area contributed by atoms with Crippen LogP contribution in [-0.2, 0) is 4.79 Å². The summed E-state index contributed by atoms with van der Waals surface area (Å²) in [4.78, 5) is 11.3. The van der Waals surface area contributed by atoms with Crippen LogP contribution < -0.4 is 5.43 Å². The largest absolute Gasteiger partial charge is 0.286 e. The van der Waals surface area contributed by atoms with Crippen LogP contribution in [0.25, 0.3) is 0 Å². The second kappa shape index (κ2) is 3.39. The maximum atomic E-state index is 11.3. The Morgan fingerprint density at radius 3 is 2.46 bits per heavy atom. The Morgan fingerprint density at radius 1 is 1.54 bits per heavy atom. The Morgan fingerprint density at radius 2 is 2.08 bits per heavy atom. The van der Waals surface area contributed by atoms with Gasteiger partial charge in [-0.1, -0.05) is 11.6 Å². The van der Waals surface area contributed by atoms with Crippen molar-refractivity contribution >= 4 is 29.1 Å². The minimum Gasteiger partial charge on any atom is -0.286 e. The van der Waals surface area contributed by atoms with E-state index in [2.05, 4.69) is 5.43 Å². The lowest BCUT2D eigenvalue weighted by Gasteiger charge is -2.38. The summed E-state index contributed by atoms with van der Waals surface area (Å²) in [5.74, 6) is -0.288. The van der Waals surface area contributed by atoms with Crippen molar-refractivity contribution in [3.63, 3.8) is 0 Å². The molecule has 0 bridgehead atoms. The summed E-state index contributed by atoms with van der Waals surface area (Å²) < 4.78 is 0. The third-order valence-electron chi connectivity index (χ3n) is 1.68. The van der Waals surface area contributed by atoms with Crippen LogP contribution in [0.15, 0.2) is 11.2 Å². The van der Waals surface area contributed by atoms with E-state index in [1.54, 1.807) is 11.2 Å². The fourth-order valence-electron chi connectivity index (χ4n) is 0.883. The molecule has 1 N–H and O–H groups in total. The summed E-state index contributed by atoms with van der Waals surface area (Å²) in [6.07, 6.45) is 1.64. The van der Waals surface area contributed by atoms with Gasteiger partial charge in [0, 0.05) is 6.20 Å². The van der Waals surface area contributed by atoms with E-state index < -0.39 is 5.38 Å². The number of amides is 1. The van der Waals surface area contributed by atoms with E-state index in [4.69, 9.17) is 23.2 Å². The molecule has 3 nitrogen and oxygen atoms in total. The van der Waals surface area contributed by atoms with Gasteiger partial charge in [0.05, 0.1) is 10.6 Å². The molecule has 1 heterocycles. The van der Waals surface area contributed by atoms with Crippen molar-refractivity contribution in [3.05, 3.63) is 11.2 Å². The molecule has 5 heteroatoms. The predicted molar refractivity (Wildman–Crippen MR) is 53.3 cm³/mol. The minimum absolute atomic E-state index is 0.202. The molecule has 0 aromatic rings. The number of alkyl halides is 1. The molecule has 0 fully saturated rings. The summed E-state index contributed by atoms with van der Waals surface area (Å²) in [5, 5.41) is 1.23. The van der Waals surface area contributed by atoms with Gasteiger partial charge < -0.3 is 0 Å². The summed E-state index contributed by atoms with van der Waals surface area (Å²) in [6, 6.07) is 0. The van der Waals surface area contributed by atoms with Crippen LogP contribution in [0.1, 0.15) is 20.8 Å². The standard InChI is InChI=1S/C8H12Cl2N2O/c1-8(2,3)12-4-5(9)6(10)7(13)11-12/h4,6H,1-3H3,(H,11,13). The van der Waals surface area contributed by atoms with Crippen LogP contribution in [0, 0.1) is 0 Å². The summed E-state index contributed by atoms with van der Waals surface area (Å²) in [5.41, 5.74) is 2.44. The smallest absolute Gasteiger partial charge is 0.262 e. The van der Waals surface area contributed by atoms with E-state index >= 15 is 0 Å². The molecule has 1 aliphatic rings. The van der Waals surface area contributed by atoms with Crippen molar-refractivity contribution in [2.45, 2.75) is 31.7 Å².